The third-order valence-corrected chi connectivity index (χ3v) is 6.01. The number of aromatic nitrogens is 2. The van der Waals surface area contributed by atoms with Crippen LogP contribution in [0.1, 0.15) is 11.5 Å². The lowest BCUT2D eigenvalue weighted by Gasteiger charge is -2.26. The summed E-state index contributed by atoms with van der Waals surface area (Å²) in [5, 5.41) is 6.69. The molecular weight excluding hydrogens is 445 g/mol. The van der Waals surface area contributed by atoms with Crippen molar-refractivity contribution in [2.24, 2.45) is 5.73 Å². The summed E-state index contributed by atoms with van der Waals surface area (Å²) in [6.45, 7) is 4.95. The minimum Gasteiger partial charge on any atom is -0.384 e. The van der Waals surface area contributed by atoms with Gasteiger partial charge in [0.1, 0.15) is 11.3 Å². The minimum absolute atomic E-state index is 0.195. The van der Waals surface area contributed by atoms with Crippen LogP contribution >= 0.6 is 11.8 Å². The Labute approximate surface area is 186 Å². The molecule has 1 saturated heterocycles. The first-order valence-corrected chi connectivity index (χ1v) is 10.7. The zero-order valence-corrected chi connectivity index (χ0v) is 17.7. The smallest absolute Gasteiger partial charge is 0.384 e. The first-order chi connectivity index (χ1) is 15.3. The second-order valence-electron chi connectivity index (χ2n) is 7.15. The molecule has 2 aliphatic rings. The third kappa shape index (κ3) is 5.14. The van der Waals surface area contributed by atoms with E-state index in [1.54, 1.807) is 0 Å². The lowest BCUT2D eigenvalue weighted by atomic mass is 10.2. The van der Waals surface area contributed by atoms with Crippen molar-refractivity contribution < 1.29 is 22.7 Å². The normalized spacial score (nSPS) is 18.1. The van der Waals surface area contributed by atoms with Crippen LogP contribution in [0, 0.1) is 0 Å². The second-order valence-corrected chi connectivity index (χ2v) is 8.20. The van der Waals surface area contributed by atoms with Crippen molar-refractivity contribution in [2.45, 2.75) is 11.1 Å². The zero-order valence-electron chi connectivity index (χ0n) is 16.9. The summed E-state index contributed by atoms with van der Waals surface area (Å²) in [5.41, 5.74) is 5.74. The quantitative estimate of drug-likeness (QED) is 0.558. The summed E-state index contributed by atoms with van der Waals surface area (Å²) in [4.78, 5) is 22.5. The van der Waals surface area contributed by atoms with Crippen LogP contribution in [0.25, 0.3) is 5.57 Å². The number of hydrogen-bond acceptors (Lipinski definition) is 8. The van der Waals surface area contributed by atoms with E-state index in [0.29, 0.717) is 0 Å². The highest BCUT2D eigenvalue weighted by Gasteiger charge is 2.34. The van der Waals surface area contributed by atoms with E-state index in [4.69, 9.17) is 10.5 Å². The molecule has 1 aromatic carbocycles. The van der Waals surface area contributed by atoms with Gasteiger partial charge in [0.05, 0.1) is 23.9 Å². The van der Waals surface area contributed by atoms with Gasteiger partial charge in [0.25, 0.3) is 5.91 Å². The maximum Gasteiger partial charge on any atom is 0.433 e. The fraction of sp³-hybridized carbons (Fsp3) is 0.350. The Kier molecular flexibility index (Phi) is 6.53. The Morgan fingerprint density at radius 2 is 2.06 bits per heavy atom. The Morgan fingerprint density at radius 3 is 2.78 bits per heavy atom. The average molecular weight is 466 g/mol. The number of thioether (sulfide) groups is 1. The number of carbonyl (C=O) groups is 1. The molecule has 4 rings (SSSR count). The second kappa shape index (κ2) is 9.35. The average Bonchev–Trinajstić information content (AvgIpc) is 3.16. The van der Waals surface area contributed by atoms with Gasteiger partial charge in [-0.05, 0) is 24.3 Å². The van der Waals surface area contributed by atoms with Crippen molar-refractivity contribution in [2.75, 3.05) is 50.0 Å². The number of nitrogens with two attached hydrogens (primary N) is 1. The first kappa shape index (κ1) is 22.4. The fourth-order valence-electron chi connectivity index (χ4n) is 3.34. The monoisotopic (exact) mass is 466 g/mol. The SMILES string of the molecule is NC(=O)/C(=C1\Nc2ccc(NCCN3CCOCC3)cc2S1)c1nccc(C(F)(F)F)n1. The highest BCUT2D eigenvalue weighted by Crippen LogP contribution is 2.44. The van der Waals surface area contributed by atoms with Gasteiger partial charge in [0.15, 0.2) is 5.82 Å². The van der Waals surface area contributed by atoms with Gasteiger partial charge in [0.2, 0.25) is 0 Å². The number of halogens is 3. The maximum absolute atomic E-state index is 13.0. The van der Waals surface area contributed by atoms with Crippen molar-refractivity contribution in [3.63, 3.8) is 0 Å². The van der Waals surface area contributed by atoms with E-state index in [0.717, 1.165) is 67.9 Å². The molecular formula is C20H21F3N6O2S. The lowest BCUT2D eigenvalue weighted by molar-refractivity contribution is -0.141. The van der Waals surface area contributed by atoms with E-state index in [-0.39, 0.29) is 16.4 Å². The molecule has 0 aliphatic carbocycles. The van der Waals surface area contributed by atoms with Gasteiger partial charge in [-0.3, -0.25) is 9.69 Å². The van der Waals surface area contributed by atoms with Gasteiger partial charge in [-0.1, -0.05) is 11.8 Å². The summed E-state index contributed by atoms with van der Waals surface area (Å²) >= 11 is 1.20. The predicted octanol–water partition coefficient (Wildman–Crippen LogP) is 2.61. The van der Waals surface area contributed by atoms with Crippen LogP contribution in [0.2, 0.25) is 0 Å². The molecule has 2 aliphatic heterocycles. The molecule has 170 valence electrons. The third-order valence-electron chi connectivity index (χ3n) is 4.95. The number of alkyl halides is 3. The molecule has 1 aromatic heterocycles. The number of hydrogen-bond donors (Lipinski definition) is 3. The molecule has 2 aromatic rings. The highest BCUT2D eigenvalue weighted by molar-refractivity contribution is 8.04. The summed E-state index contributed by atoms with van der Waals surface area (Å²) in [6.07, 6.45) is -3.70. The molecule has 4 N–H and O–H groups in total. The summed E-state index contributed by atoms with van der Waals surface area (Å²) in [6, 6.07) is 6.37. The Balaban J connectivity index is 1.50. The van der Waals surface area contributed by atoms with Crippen molar-refractivity contribution in [1.82, 2.24) is 14.9 Å². The predicted molar refractivity (Wildman–Crippen MR) is 115 cm³/mol. The molecule has 0 saturated carbocycles. The molecule has 0 atom stereocenters. The number of benzene rings is 1. The molecule has 0 unspecified atom stereocenters. The number of carbonyl (C=O) groups excluding carboxylic acids is 1. The minimum atomic E-state index is -4.66. The van der Waals surface area contributed by atoms with Gasteiger partial charge in [-0.2, -0.15) is 13.2 Å². The number of primary amides is 1. The van der Waals surface area contributed by atoms with Gasteiger partial charge >= 0.3 is 6.18 Å². The summed E-state index contributed by atoms with van der Waals surface area (Å²) < 4.78 is 44.4. The zero-order chi connectivity index (χ0) is 22.7. The van der Waals surface area contributed by atoms with Crippen LogP contribution in [0.4, 0.5) is 24.5 Å². The molecule has 12 heteroatoms. The van der Waals surface area contributed by atoms with Crippen LogP contribution in [0.15, 0.2) is 40.4 Å². The van der Waals surface area contributed by atoms with Crippen LogP contribution in [0.3, 0.4) is 0 Å². The molecule has 1 fully saturated rings. The fourth-order valence-corrected chi connectivity index (χ4v) is 4.42. The van der Waals surface area contributed by atoms with Crippen molar-refractivity contribution in [3.8, 4) is 0 Å². The highest BCUT2D eigenvalue weighted by atomic mass is 32.2. The van der Waals surface area contributed by atoms with E-state index in [9.17, 15) is 18.0 Å². The van der Waals surface area contributed by atoms with Crippen molar-refractivity contribution in [1.29, 1.82) is 0 Å². The Morgan fingerprint density at radius 1 is 1.28 bits per heavy atom. The standard InChI is InChI=1S/C20H21F3N6O2S/c21-20(22,23)15-3-4-26-18(28-15)16(17(24)30)19-27-13-2-1-12(11-14(13)32-19)25-5-6-29-7-9-31-10-8-29/h1-4,11,25,27H,5-10H2,(H2,24,30)/b19-16-. The lowest BCUT2D eigenvalue weighted by Crippen LogP contribution is -2.38. The number of anilines is 2. The van der Waals surface area contributed by atoms with Crippen molar-refractivity contribution >= 4 is 34.6 Å². The molecule has 0 bridgehead atoms. The van der Waals surface area contributed by atoms with Crippen LogP contribution in [0.5, 0.6) is 0 Å². The number of nitrogens with one attached hydrogen (secondary N) is 2. The van der Waals surface area contributed by atoms with Crippen LogP contribution in [-0.4, -0.2) is 60.2 Å². The number of ether oxygens (including phenoxy) is 1. The van der Waals surface area contributed by atoms with Gasteiger partial charge in [-0.25, -0.2) is 9.97 Å². The van der Waals surface area contributed by atoms with Gasteiger partial charge in [-0.15, -0.1) is 0 Å². The van der Waals surface area contributed by atoms with Crippen LogP contribution < -0.4 is 16.4 Å². The van der Waals surface area contributed by atoms with E-state index in [1.807, 2.05) is 18.2 Å². The number of fused-ring (bicyclic) bond motifs is 1. The molecule has 1 amide bonds. The Bertz CT molecular complexity index is 1040. The molecule has 3 heterocycles. The van der Waals surface area contributed by atoms with Crippen molar-refractivity contribution in [3.05, 3.63) is 47.0 Å². The first-order valence-electron chi connectivity index (χ1n) is 9.89. The summed E-state index contributed by atoms with van der Waals surface area (Å²) in [5.74, 6) is -1.30. The van der Waals surface area contributed by atoms with E-state index in [2.05, 4.69) is 25.5 Å². The van der Waals surface area contributed by atoms with Gasteiger partial charge in [0, 0.05) is 43.0 Å². The number of amides is 1. The molecule has 0 spiro atoms. The topological polar surface area (TPSA) is 105 Å². The number of morpholine rings is 1. The van der Waals surface area contributed by atoms with E-state index in [1.165, 1.54) is 11.8 Å². The summed E-state index contributed by atoms with van der Waals surface area (Å²) in [7, 11) is 0. The van der Waals surface area contributed by atoms with E-state index >= 15 is 0 Å². The maximum atomic E-state index is 13.0. The molecule has 8 nitrogen and oxygen atoms in total. The Hall–Kier alpha value is -2.83. The molecule has 0 radical (unpaired) electrons. The number of rotatable bonds is 6. The largest absolute Gasteiger partial charge is 0.433 e. The van der Waals surface area contributed by atoms with Crippen LogP contribution in [-0.2, 0) is 15.7 Å². The van der Waals surface area contributed by atoms with E-state index < -0.39 is 17.8 Å². The molecule has 32 heavy (non-hydrogen) atoms. The number of nitrogens with zero attached hydrogens (tertiary/aromatic N) is 3. The van der Waals surface area contributed by atoms with Gasteiger partial charge < -0.3 is 21.1 Å².